The average Bonchev–Trinajstić information content (AvgIpc) is 2.67. The molecule has 1 fully saturated rings. The Kier molecular flexibility index (Phi) is 6.42. The van der Waals surface area contributed by atoms with Crippen molar-refractivity contribution in [1.82, 2.24) is 0 Å². The van der Waals surface area contributed by atoms with E-state index < -0.39 is 17.7 Å². The third kappa shape index (κ3) is 4.15. The lowest BCUT2D eigenvalue weighted by Crippen LogP contribution is -2.13. The quantitative estimate of drug-likeness (QED) is 0.553. The van der Waals surface area contributed by atoms with Crippen molar-refractivity contribution in [2.75, 3.05) is 6.61 Å². The minimum atomic E-state index is -0.717. The summed E-state index contributed by atoms with van der Waals surface area (Å²) in [5.74, 6) is 0.343. The van der Waals surface area contributed by atoms with Crippen molar-refractivity contribution < 1.29 is 13.5 Å². The summed E-state index contributed by atoms with van der Waals surface area (Å²) < 4.78 is 34.2. The molecule has 2 aromatic rings. The van der Waals surface area contributed by atoms with Crippen molar-refractivity contribution in [3.63, 3.8) is 0 Å². The van der Waals surface area contributed by atoms with Gasteiger partial charge in [0.05, 0.1) is 5.56 Å². The topological polar surface area (TPSA) is 9.23 Å². The van der Waals surface area contributed by atoms with Crippen LogP contribution in [0.1, 0.15) is 74.7 Å². The molecule has 0 aliphatic heterocycles. The third-order valence-corrected chi connectivity index (χ3v) is 5.73. The number of hydrogen-bond acceptors (Lipinski definition) is 1. The van der Waals surface area contributed by atoms with Crippen LogP contribution in [-0.2, 0) is 4.74 Å². The Bertz CT molecular complexity index is 682. The highest BCUT2D eigenvalue weighted by Crippen LogP contribution is 2.38. The summed E-state index contributed by atoms with van der Waals surface area (Å²) in [5.41, 5.74) is 2.11. The third-order valence-electron chi connectivity index (χ3n) is 5.73. The lowest BCUT2D eigenvalue weighted by Gasteiger charge is -2.28. The second kappa shape index (κ2) is 8.77. The molecule has 3 rings (SSSR count). The lowest BCUT2D eigenvalue weighted by atomic mass is 9.77. The summed E-state index contributed by atoms with van der Waals surface area (Å²) in [5, 5.41) is 0. The second-order valence-electron chi connectivity index (χ2n) is 7.26. The molecule has 2 aromatic carbocycles. The summed E-state index contributed by atoms with van der Waals surface area (Å²) in [6, 6.07) is 12.1. The first-order chi connectivity index (χ1) is 12.6. The van der Waals surface area contributed by atoms with Crippen molar-refractivity contribution in [2.45, 2.75) is 58.0 Å². The molecule has 0 saturated heterocycles. The molecule has 0 radical (unpaired) electrons. The van der Waals surface area contributed by atoms with Crippen molar-refractivity contribution in [3.8, 4) is 0 Å². The number of ether oxygens (including phenoxy) is 1. The van der Waals surface area contributed by atoms with Gasteiger partial charge in [0.2, 0.25) is 0 Å². The van der Waals surface area contributed by atoms with Gasteiger partial charge in [-0.05, 0) is 67.7 Å². The molecule has 140 valence electrons. The van der Waals surface area contributed by atoms with Crippen molar-refractivity contribution in [3.05, 3.63) is 70.8 Å². The summed E-state index contributed by atoms with van der Waals surface area (Å²) in [6.07, 6.45) is 5.61. The van der Waals surface area contributed by atoms with Gasteiger partial charge in [0.15, 0.2) is 0 Å². The molecular formula is C23H28F2O. The SMILES string of the molecule is CCOC(c1ccc(C2CCC(CC)CC2)cc1)c1c(F)cccc1F. The highest BCUT2D eigenvalue weighted by molar-refractivity contribution is 5.35. The van der Waals surface area contributed by atoms with Gasteiger partial charge in [-0.2, -0.15) is 0 Å². The zero-order chi connectivity index (χ0) is 18.5. The van der Waals surface area contributed by atoms with E-state index in [2.05, 4.69) is 19.1 Å². The number of halogens is 2. The molecule has 26 heavy (non-hydrogen) atoms. The van der Waals surface area contributed by atoms with Crippen molar-refractivity contribution >= 4 is 0 Å². The van der Waals surface area contributed by atoms with Crippen LogP contribution in [0.4, 0.5) is 8.78 Å². The van der Waals surface area contributed by atoms with Gasteiger partial charge in [-0.25, -0.2) is 8.78 Å². The highest BCUT2D eigenvalue weighted by atomic mass is 19.1. The fourth-order valence-electron chi connectivity index (χ4n) is 4.12. The predicted molar refractivity (Wildman–Crippen MR) is 101 cm³/mol. The van der Waals surface area contributed by atoms with E-state index in [9.17, 15) is 8.78 Å². The molecule has 1 aliphatic carbocycles. The monoisotopic (exact) mass is 358 g/mol. The number of rotatable bonds is 6. The van der Waals surface area contributed by atoms with E-state index in [1.54, 1.807) is 0 Å². The molecular weight excluding hydrogens is 330 g/mol. The van der Waals surface area contributed by atoms with Gasteiger partial charge in [-0.3, -0.25) is 0 Å². The maximum Gasteiger partial charge on any atom is 0.132 e. The maximum atomic E-state index is 14.2. The zero-order valence-electron chi connectivity index (χ0n) is 15.7. The van der Waals surface area contributed by atoms with E-state index in [1.807, 2.05) is 19.1 Å². The minimum absolute atomic E-state index is 0.00875. The van der Waals surface area contributed by atoms with Gasteiger partial charge in [0.1, 0.15) is 17.7 Å². The molecule has 3 heteroatoms. The van der Waals surface area contributed by atoms with Gasteiger partial charge >= 0.3 is 0 Å². The first-order valence-corrected chi connectivity index (χ1v) is 9.79. The molecule has 1 nitrogen and oxygen atoms in total. The Hall–Kier alpha value is -1.74. The van der Waals surface area contributed by atoms with E-state index in [1.165, 1.54) is 55.9 Å². The zero-order valence-corrected chi connectivity index (χ0v) is 15.7. The second-order valence-corrected chi connectivity index (χ2v) is 7.26. The van der Waals surface area contributed by atoms with Crippen LogP contribution in [0.3, 0.4) is 0 Å². The molecule has 0 spiro atoms. The number of benzene rings is 2. The Morgan fingerprint density at radius 2 is 1.54 bits per heavy atom. The molecule has 1 aliphatic rings. The van der Waals surface area contributed by atoms with Gasteiger partial charge < -0.3 is 4.74 Å². The van der Waals surface area contributed by atoms with E-state index in [-0.39, 0.29) is 5.56 Å². The fourth-order valence-corrected chi connectivity index (χ4v) is 4.12. The molecule has 0 aromatic heterocycles. The van der Waals surface area contributed by atoms with Crippen molar-refractivity contribution in [2.24, 2.45) is 5.92 Å². The predicted octanol–water partition coefficient (Wildman–Crippen LogP) is 6.77. The van der Waals surface area contributed by atoms with Gasteiger partial charge in [0.25, 0.3) is 0 Å². The van der Waals surface area contributed by atoms with E-state index in [0.717, 1.165) is 11.5 Å². The molecule has 0 amide bonds. The Morgan fingerprint density at radius 1 is 0.923 bits per heavy atom. The van der Waals surface area contributed by atoms with Crippen LogP contribution in [0, 0.1) is 17.6 Å². The summed E-state index contributed by atoms with van der Waals surface area (Å²) in [7, 11) is 0. The molecule has 1 unspecified atom stereocenters. The van der Waals surface area contributed by atoms with Crippen LogP contribution in [0.5, 0.6) is 0 Å². The summed E-state index contributed by atoms with van der Waals surface area (Å²) >= 11 is 0. The van der Waals surface area contributed by atoms with Crippen LogP contribution in [0.2, 0.25) is 0 Å². The standard InChI is InChI=1S/C23H28F2O/c1-3-16-8-10-17(11-9-16)18-12-14-19(15-13-18)23(26-4-2)22-20(24)6-5-7-21(22)25/h5-7,12-17,23H,3-4,8-11H2,1-2H3. The molecule has 1 atom stereocenters. The van der Waals surface area contributed by atoms with Gasteiger partial charge in [-0.15, -0.1) is 0 Å². The van der Waals surface area contributed by atoms with Crippen LogP contribution in [0.25, 0.3) is 0 Å². The van der Waals surface area contributed by atoms with Crippen LogP contribution < -0.4 is 0 Å². The first kappa shape index (κ1) is 19.0. The molecule has 0 heterocycles. The van der Waals surface area contributed by atoms with Gasteiger partial charge in [0, 0.05) is 6.61 Å². The van der Waals surface area contributed by atoms with E-state index in [0.29, 0.717) is 12.5 Å². The normalized spacial score (nSPS) is 21.5. The van der Waals surface area contributed by atoms with Crippen LogP contribution >= 0.6 is 0 Å². The van der Waals surface area contributed by atoms with E-state index in [4.69, 9.17) is 4.74 Å². The Labute approximate surface area is 155 Å². The molecule has 0 bridgehead atoms. The summed E-state index contributed by atoms with van der Waals surface area (Å²) in [4.78, 5) is 0. The van der Waals surface area contributed by atoms with Gasteiger partial charge in [-0.1, -0.05) is 43.7 Å². The minimum Gasteiger partial charge on any atom is -0.369 e. The van der Waals surface area contributed by atoms with Crippen LogP contribution in [-0.4, -0.2) is 6.61 Å². The molecule has 0 N–H and O–H groups in total. The van der Waals surface area contributed by atoms with E-state index >= 15 is 0 Å². The fraction of sp³-hybridized carbons (Fsp3) is 0.478. The Morgan fingerprint density at radius 3 is 2.08 bits per heavy atom. The highest BCUT2D eigenvalue weighted by Gasteiger charge is 2.24. The number of hydrogen-bond donors (Lipinski definition) is 0. The maximum absolute atomic E-state index is 14.2. The first-order valence-electron chi connectivity index (χ1n) is 9.79. The smallest absolute Gasteiger partial charge is 0.132 e. The largest absolute Gasteiger partial charge is 0.369 e. The summed E-state index contributed by atoms with van der Waals surface area (Å²) in [6.45, 7) is 4.50. The lowest BCUT2D eigenvalue weighted by molar-refractivity contribution is 0.0859. The van der Waals surface area contributed by atoms with Crippen molar-refractivity contribution in [1.29, 1.82) is 0 Å². The Balaban J connectivity index is 1.81. The average molecular weight is 358 g/mol. The van der Waals surface area contributed by atoms with Crippen LogP contribution in [0.15, 0.2) is 42.5 Å². The molecule has 1 saturated carbocycles.